The standard InChI is InChI=1S/C40H28O4P2/c1-3-15-29-27(13-1)28-14-2-4-16-30(28)36(26-42-46-40-24-12-8-20-34(40)32-18-6-10-22-38(32)44-46)35(29)25-41-45-39-23-11-7-19-33(39)31-17-5-9-21-37(31)43-45/h1-24H,25-26H2. The molecule has 2 heterocycles. The van der Waals surface area contributed by atoms with Crippen LogP contribution in [0.1, 0.15) is 11.1 Å². The molecule has 2 unspecified atom stereocenters. The summed E-state index contributed by atoms with van der Waals surface area (Å²) in [5, 5.41) is 6.89. The van der Waals surface area contributed by atoms with Gasteiger partial charge in [-0.05, 0) is 68.1 Å². The van der Waals surface area contributed by atoms with Crippen LogP contribution in [0.5, 0.6) is 11.5 Å². The largest absolute Gasteiger partial charge is 0.443 e. The Labute approximate surface area is 270 Å². The first-order valence-electron chi connectivity index (χ1n) is 15.3. The zero-order chi connectivity index (χ0) is 30.5. The summed E-state index contributed by atoms with van der Waals surface area (Å²) < 4.78 is 26.7. The van der Waals surface area contributed by atoms with Crippen molar-refractivity contribution in [3.63, 3.8) is 0 Å². The molecule has 46 heavy (non-hydrogen) atoms. The van der Waals surface area contributed by atoms with Crippen LogP contribution in [0.15, 0.2) is 146 Å². The van der Waals surface area contributed by atoms with Gasteiger partial charge in [-0.2, -0.15) is 0 Å². The second kappa shape index (κ2) is 11.7. The topological polar surface area (TPSA) is 36.9 Å². The average Bonchev–Trinajstić information content (AvgIpc) is 3.13. The third-order valence-corrected chi connectivity index (χ3v) is 11.7. The van der Waals surface area contributed by atoms with E-state index in [9.17, 15) is 0 Å². The molecule has 2 aliphatic heterocycles. The van der Waals surface area contributed by atoms with Gasteiger partial charge in [0.25, 0.3) is 16.8 Å². The molecular formula is C40H28O4P2. The van der Waals surface area contributed by atoms with Crippen molar-refractivity contribution in [2.45, 2.75) is 13.2 Å². The highest BCUT2D eigenvalue weighted by Gasteiger charge is 2.30. The van der Waals surface area contributed by atoms with E-state index in [-0.39, 0.29) is 0 Å². The highest BCUT2D eigenvalue weighted by molar-refractivity contribution is 7.57. The molecule has 0 amide bonds. The Balaban J connectivity index is 1.11. The second-order valence-electron chi connectivity index (χ2n) is 11.3. The number of hydrogen-bond donors (Lipinski definition) is 0. The van der Waals surface area contributed by atoms with Gasteiger partial charge >= 0.3 is 0 Å². The van der Waals surface area contributed by atoms with Gasteiger partial charge in [-0.15, -0.1) is 0 Å². The van der Waals surface area contributed by atoms with E-state index in [1.54, 1.807) is 0 Å². The van der Waals surface area contributed by atoms with Crippen molar-refractivity contribution in [2.24, 2.45) is 0 Å². The predicted octanol–water partition coefficient (Wildman–Crippen LogP) is 10.4. The normalized spacial score (nSPS) is 16.1. The lowest BCUT2D eigenvalue weighted by atomic mass is 9.92. The summed E-state index contributed by atoms with van der Waals surface area (Å²) in [6.45, 7) is 0.759. The first-order valence-corrected chi connectivity index (χ1v) is 17.7. The van der Waals surface area contributed by atoms with Gasteiger partial charge in [0.1, 0.15) is 11.5 Å². The van der Waals surface area contributed by atoms with Crippen molar-refractivity contribution < 1.29 is 18.1 Å². The minimum Gasteiger partial charge on any atom is -0.443 e. The third-order valence-electron chi connectivity index (χ3n) is 8.73. The Kier molecular flexibility index (Phi) is 7.03. The number of para-hydroxylation sites is 2. The van der Waals surface area contributed by atoms with Gasteiger partial charge in [0, 0.05) is 11.1 Å². The maximum Gasteiger partial charge on any atom is 0.266 e. The molecule has 7 aromatic carbocycles. The maximum absolute atomic E-state index is 6.81. The fourth-order valence-electron chi connectivity index (χ4n) is 6.59. The van der Waals surface area contributed by atoms with E-state index in [2.05, 4.69) is 121 Å². The van der Waals surface area contributed by atoms with Gasteiger partial charge in [-0.1, -0.05) is 121 Å². The second-order valence-corrected chi connectivity index (χ2v) is 14.2. The van der Waals surface area contributed by atoms with Gasteiger partial charge in [0.2, 0.25) is 0 Å². The van der Waals surface area contributed by atoms with Crippen LogP contribution in [0.4, 0.5) is 0 Å². The summed E-state index contributed by atoms with van der Waals surface area (Å²) in [5.74, 6) is 1.71. The number of rotatable bonds is 6. The van der Waals surface area contributed by atoms with E-state index in [0.717, 1.165) is 55.1 Å². The average molecular weight is 635 g/mol. The molecule has 9 rings (SSSR count). The zero-order valence-electron chi connectivity index (χ0n) is 24.8. The molecule has 0 radical (unpaired) electrons. The van der Waals surface area contributed by atoms with E-state index in [4.69, 9.17) is 18.1 Å². The zero-order valence-corrected chi connectivity index (χ0v) is 26.6. The van der Waals surface area contributed by atoms with Crippen LogP contribution in [0.3, 0.4) is 0 Å². The van der Waals surface area contributed by atoms with Crippen molar-refractivity contribution >= 4 is 48.9 Å². The molecule has 0 fully saturated rings. The van der Waals surface area contributed by atoms with Crippen LogP contribution in [-0.2, 0) is 22.3 Å². The maximum atomic E-state index is 6.81. The van der Waals surface area contributed by atoms with Gasteiger partial charge in [0.15, 0.2) is 0 Å². The summed E-state index contributed by atoms with van der Waals surface area (Å²) in [5.41, 5.74) is 6.75. The number of hydrogen-bond acceptors (Lipinski definition) is 4. The number of fused-ring (bicyclic) bond motifs is 9. The van der Waals surface area contributed by atoms with Crippen molar-refractivity contribution in [2.75, 3.05) is 0 Å². The highest BCUT2D eigenvalue weighted by atomic mass is 31.2. The third kappa shape index (κ3) is 4.69. The molecule has 0 saturated heterocycles. The molecule has 6 heteroatoms. The minimum absolute atomic E-state index is 0.379. The first-order chi connectivity index (χ1) is 22.8. The van der Waals surface area contributed by atoms with Crippen LogP contribution in [-0.4, -0.2) is 0 Å². The van der Waals surface area contributed by atoms with Gasteiger partial charge < -0.3 is 18.1 Å². The van der Waals surface area contributed by atoms with E-state index in [0.29, 0.717) is 13.2 Å². The molecule has 4 nitrogen and oxygen atoms in total. The predicted molar refractivity (Wildman–Crippen MR) is 189 cm³/mol. The fraction of sp³-hybridized carbons (Fsp3) is 0.0500. The first kappa shape index (κ1) is 27.7. The van der Waals surface area contributed by atoms with Crippen molar-refractivity contribution in [3.05, 3.63) is 157 Å². The Bertz CT molecular complexity index is 2110. The Morgan fingerprint density at radius 1 is 0.370 bits per heavy atom. The van der Waals surface area contributed by atoms with Crippen LogP contribution in [0.2, 0.25) is 0 Å². The molecule has 0 spiro atoms. The molecule has 0 bridgehead atoms. The molecule has 0 aromatic heterocycles. The lowest BCUT2D eigenvalue weighted by Crippen LogP contribution is -2.17. The van der Waals surface area contributed by atoms with E-state index in [1.807, 2.05) is 24.3 Å². The summed E-state index contributed by atoms with van der Waals surface area (Å²) in [7, 11) is -2.71. The lowest BCUT2D eigenvalue weighted by Gasteiger charge is -2.29. The SMILES string of the molecule is c1ccc2c(c1)OP(OCc1c(COP3Oc4ccccc4-c4ccccc43)c3ccccc3c3ccccc13)c1ccccc1-2. The Morgan fingerprint density at radius 2 is 0.717 bits per heavy atom. The fourth-order valence-corrected chi connectivity index (χ4v) is 9.54. The molecular weight excluding hydrogens is 606 g/mol. The van der Waals surface area contributed by atoms with Crippen LogP contribution < -0.4 is 19.7 Å². The summed E-state index contributed by atoms with van der Waals surface area (Å²) in [6, 6.07) is 50.4. The summed E-state index contributed by atoms with van der Waals surface area (Å²) in [4.78, 5) is 0. The van der Waals surface area contributed by atoms with E-state index >= 15 is 0 Å². The highest BCUT2D eigenvalue weighted by Crippen LogP contribution is 2.52. The lowest BCUT2D eigenvalue weighted by molar-refractivity contribution is 0.292. The van der Waals surface area contributed by atoms with E-state index < -0.39 is 16.8 Å². The molecule has 222 valence electrons. The summed E-state index contributed by atoms with van der Waals surface area (Å²) in [6.07, 6.45) is 0. The minimum atomic E-state index is -1.36. The van der Waals surface area contributed by atoms with Gasteiger partial charge in [-0.25, -0.2) is 0 Å². The molecule has 0 aliphatic carbocycles. The quantitative estimate of drug-likeness (QED) is 0.135. The van der Waals surface area contributed by atoms with E-state index in [1.165, 1.54) is 21.9 Å². The Hall–Kier alpha value is -4.56. The molecule has 2 aliphatic rings. The number of benzene rings is 7. The Morgan fingerprint density at radius 3 is 1.17 bits per heavy atom. The van der Waals surface area contributed by atoms with Gasteiger partial charge in [0.05, 0.1) is 23.8 Å². The smallest absolute Gasteiger partial charge is 0.266 e. The monoisotopic (exact) mass is 634 g/mol. The van der Waals surface area contributed by atoms with Crippen LogP contribution >= 0.6 is 16.8 Å². The molecule has 0 N–H and O–H groups in total. The molecule has 2 atom stereocenters. The van der Waals surface area contributed by atoms with Gasteiger partial charge in [-0.3, -0.25) is 0 Å². The van der Waals surface area contributed by atoms with Crippen LogP contribution in [0, 0.1) is 0 Å². The van der Waals surface area contributed by atoms with Crippen molar-refractivity contribution in [1.82, 2.24) is 0 Å². The summed E-state index contributed by atoms with van der Waals surface area (Å²) >= 11 is 0. The molecule has 7 aromatic rings. The molecule has 0 saturated carbocycles. The van der Waals surface area contributed by atoms with Crippen molar-refractivity contribution in [3.8, 4) is 33.8 Å². The van der Waals surface area contributed by atoms with Crippen molar-refractivity contribution in [1.29, 1.82) is 0 Å². The van der Waals surface area contributed by atoms with Crippen LogP contribution in [0.25, 0.3) is 43.8 Å².